The first-order valence-corrected chi connectivity index (χ1v) is 8.31. The van der Waals surface area contributed by atoms with Crippen LogP contribution in [0.25, 0.3) is 0 Å². The zero-order valence-corrected chi connectivity index (χ0v) is 14.2. The van der Waals surface area contributed by atoms with Crippen molar-refractivity contribution in [2.24, 2.45) is 0 Å². The summed E-state index contributed by atoms with van der Waals surface area (Å²) in [5, 5.41) is 7.93. The van der Waals surface area contributed by atoms with Gasteiger partial charge in [-0.2, -0.15) is 18.3 Å². The van der Waals surface area contributed by atoms with Crippen LogP contribution in [0, 0.1) is 13.8 Å². The van der Waals surface area contributed by atoms with Crippen LogP contribution in [0.2, 0.25) is 0 Å². The Kier molecular flexibility index (Phi) is 4.88. The van der Waals surface area contributed by atoms with Gasteiger partial charge in [0.1, 0.15) is 6.54 Å². The van der Waals surface area contributed by atoms with E-state index in [1.807, 2.05) is 0 Å². The van der Waals surface area contributed by atoms with Crippen LogP contribution in [0.15, 0.2) is 6.20 Å². The summed E-state index contributed by atoms with van der Waals surface area (Å²) in [4.78, 5) is 3.20. The standard InChI is InChI=1S/C14H18F3N5OS/c1-9-13(10(2)22(19-9)8-14(15,16)17)12-7-23-4-3-21(12)6-11-5-18-20-24-11/h5,12H,3-4,6-8H2,1-2H3. The minimum atomic E-state index is -4.29. The van der Waals surface area contributed by atoms with Gasteiger partial charge in [-0.15, -0.1) is 5.10 Å². The van der Waals surface area contributed by atoms with Gasteiger partial charge in [0.05, 0.1) is 36.0 Å². The van der Waals surface area contributed by atoms with Gasteiger partial charge in [0.2, 0.25) is 0 Å². The van der Waals surface area contributed by atoms with Crippen molar-refractivity contribution in [2.45, 2.75) is 39.2 Å². The lowest BCUT2D eigenvalue weighted by atomic mass is 10.0. The SMILES string of the molecule is Cc1nn(CC(F)(F)F)c(C)c1C1COCCN1Cc1cnns1. The van der Waals surface area contributed by atoms with Crippen LogP contribution in [0.4, 0.5) is 13.2 Å². The highest BCUT2D eigenvalue weighted by atomic mass is 32.1. The molecule has 0 N–H and O–H groups in total. The summed E-state index contributed by atoms with van der Waals surface area (Å²) < 4.78 is 48.6. The molecule has 0 saturated carbocycles. The normalized spacial score (nSPS) is 19.8. The van der Waals surface area contributed by atoms with E-state index < -0.39 is 12.7 Å². The number of hydrogen-bond acceptors (Lipinski definition) is 6. The highest BCUT2D eigenvalue weighted by Gasteiger charge is 2.33. The van der Waals surface area contributed by atoms with Crippen LogP contribution in [-0.2, 0) is 17.8 Å². The maximum Gasteiger partial charge on any atom is 0.408 e. The van der Waals surface area contributed by atoms with Gasteiger partial charge in [0.25, 0.3) is 0 Å². The molecule has 1 fully saturated rings. The summed E-state index contributed by atoms with van der Waals surface area (Å²) in [5.41, 5.74) is 1.96. The van der Waals surface area contributed by atoms with E-state index in [1.54, 1.807) is 20.0 Å². The molecule has 1 aliphatic heterocycles. The van der Waals surface area contributed by atoms with Crippen LogP contribution < -0.4 is 0 Å². The largest absolute Gasteiger partial charge is 0.408 e. The quantitative estimate of drug-likeness (QED) is 0.837. The molecule has 1 atom stereocenters. The van der Waals surface area contributed by atoms with Crippen molar-refractivity contribution in [3.05, 3.63) is 28.0 Å². The zero-order chi connectivity index (χ0) is 17.3. The molecular weight excluding hydrogens is 343 g/mol. The lowest BCUT2D eigenvalue weighted by Crippen LogP contribution is -2.39. The summed E-state index contributed by atoms with van der Waals surface area (Å²) in [6, 6.07) is -0.122. The summed E-state index contributed by atoms with van der Waals surface area (Å²) in [6.45, 7) is 4.73. The number of aromatic nitrogens is 4. The molecule has 0 aliphatic carbocycles. The third-order valence-electron chi connectivity index (χ3n) is 4.10. The summed E-state index contributed by atoms with van der Waals surface area (Å²) >= 11 is 1.32. The van der Waals surface area contributed by atoms with E-state index >= 15 is 0 Å². The molecule has 0 radical (unpaired) electrons. The minimum absolute atomic E-state index is 0.122. The molecule has 0 spiro atoms. The fourth-order valence-corrected chi connectivity index (χ4v) is 3.58. The Bertz CT molecular complexity index is 685. The van der Waals surface area contributed by atoms with Crippen molar-refractivity contribution in [3.63, 3.8) is 0 Å². The highest BCUT2D eigenvalue weighted by molar-refractivity contribution is 7.05. The maximum atomic E-state index is 12.7. The number of alkyl halides is 3. The third-order valence-corrected chi connectivity index (χ3v) is 4.75. The van der Waals surface area contributed by atoms with Gasteiger partial charge in [-0.05, 0) is 25.4 Å². The van der Waals surface area contributed by atoms with Gasteiger partial charge in [0.15, 0.2) is 0 Å². The first kappa shape index (κ1) is 17.3. The van der Waals surface area contributed by atoms with E-state index in [4.69, 9.17) is 4.74 Å². The minimum Gasteiger partial charge on any atom is -0.378 e. The number of ether oxygens (including phenoxy) is 1. The van der Waals surface area contributed by atoms with Crippen molar-refractivity contribution in [1.29, 1.82) is 0 Å². The molecule has 10 heteroatoms. The number of morpholine rings is 1. The molecule has 3 heterocycles. The lowest BCUT2D eigenvalue weighted by molar-refractivity contribution is -0.143. The topological polar surface area (TPSA) is 56.1 Å². The number of hydrogen-bond donors (Lipinski definition) is 0. The third kappa shape index (κ3) is 3.76. The number of aryl methyl sites for hydroxylation is 1. The first-order valence-electron chi connectivity index (χ1n) is 7.54. The van der Waals surface area contributed by atoms with Gasteiger partial charge in [0, 0.05) is 24.3 Å². The van der Waals surface area contributed by atoms with Crippen LogP contribution >= 0.6 is 11.5 Å². The number of rotatable bonds is 4. The molecule has 2 aromatic heterocycles. The average Bonchev–Trinajstić information content (AvgIpc) is 3.08. The Morgan fingerprint density at radius 3 is 2.83 bits per heavy atom. The van der Waals surface area contributed by atoms with Crippen molar-refractivity contribution < 1.29 is 17.9 Å². The van der Waals surface area contributed by atoms with E-state index in [9.17, 15) is 13.2 Å². The lowest BCUT2D eigenvalue weighted by Gasteiger charge is -2.35. The maximum absolute atomic E-state index is 12.7. The van der Waals surface area contributed by atoms with E-state index in [0.717, 1.165) is 15.1 Å². The Morgan fingerprint density at radius 2 is 2.17 bits per heavy atom. The van der Waals surface area contributed by atoms with Gasteiger partial charge < -0.3 is 4.74 Å². The molecular formula is C14H18F3N5OS. The fraction of sp³-hybridized carbons (Fsp3) is 0.643. The van der Waals surface area contributed by atoms with E-state index in [2.05, 4.69) is 19.6 Å². The van der Waals surface area contributed by atoms with E-state index in [0.29, 0.717) is 37.7 Å². The smallest absolute Gasteiger partial charge is 0.378 e. The van der Waals surface area contributed by atoms with Gasteiger partial charge in [-0.25, -0.2) is 0 Å². The zero-order valence-electron chi connectivity index (χ0n) is 13.4. The molecule has 132 valence electrons. The molecule has 6 nitrogen and oxygen atoms in total. The molecule has 2 aromatic rings. The summed E-state index contributed by atoms with van der Waals surface area (Å²) in [5.74, 6) is 0. The molecule has 3 rings (SSSR count). The van der Waals surface area contributed by atoms with Crippen molar-refractivity contribution in [3.8, 4) is 0 Å². The summed E-state index contributed by atoms with van der Waals surface area (Å²) in [7, 11) is 0. The summed E-state index contributed by atoms with van der Waals surface area (Å²) in [6.07, 6.45) is -2.58. The Balaban J connectivity index is 1.87. The number of nitrogens with zero attached hydrogens (tertiary/aromatic N) is 5. The first-order chi connectivity index (χ1) is 11.3. The van der Waals surface area contributed by atoms with Gasteiger partial charge in [-0.3, -0.25) is 9.58 Å². The van der Waals surface area contributed by atoms with Crippen LogP contribution in [0.5, 0.6) is 0 Å². The van der Waals surface area contributed by atoms with Gasteiger partial charge >= 0.3 is 6.18 Å². The predicted molar refractivity (Wildman–Crippen MR) is 81.6 cm³/mol. The molecule has 24 heavy (non-hydrogen) atoms. The second-order valence-electron chi connectivity index (χ2n) is 5.80. The van der Waals surface area contributed by atoms with Crippen LogP contribution in [0.1, 0.15) is 27.9 Å². The van der Waals surface area contributed by atoms with Crippen molar-refractivity contribution in [1.82, 2.24) is 24.3 Å². The van der Waals surface area contributed by atoms with Crippen molar-refractivity contribution >= 4 is 11.5 Å². The number of halogens is 3. The van der Waals surface area contributed by atoms with Gasteiger partial charge in [-0.1, -0.05) is 4.49 Å². The monoisotopic (exact) mass is 361 g/mol. The second kappa shape index (κ2) is 6.77. The van der Waals surface area contributed by atoms with Crippen molar-refractivity contribution in [2.75, 3.05) is 19.8 Å². The Hall–Kier alpha value is -1.52. The second-order valence-corrected chi connectivity index (χ2v) is 6.67. The molecule has 1 saturated heterocycles. The van der Waals surface area contributed by atoms with E-state index in [-0.39, 0.29) is 6.04 Å². The fourth-order valence-electron chi connectivity index (χ4n) is 3.07. The molecule has 0 bridgehead atoms. The molecule has 0 aromatic carbocycles. The highest BCUT2D eigenvalue weighted by Crippen LogP contribution is 2.32. The molecule has 0 amide bonds. The predicted octanol–water partition coefficient (Wildman–Crippen LogP) is 2.49. The Labute approximate surface area is 141 Å². The molecule has 1 aliphatic rings. The van der Waals surface area contributed by atoms with Crippen LogP contribution in [-0.4, -0.2) is 50.2 Å². The molecule has 1 unspecified atom stereocenters. The average molecular weight is 361 g/mol. The van der Waals surface area contributed by atoms with E-state index in [1.165, 1.54) is 11.5 Å². The van der Waals surface area contributed by atoms with Crippen LogP contribution in [0.3, 0.4) is 0 Å². The Morgan fingerprint density at radius 1 is 1.38 bits per heavy atom.